The van der Waals surface area contributed by atoms with Crippen LogP contribution in [0.3, 0.4) is 0 Å². The Hall–Kier alpha value is -1.32. The monoisotopic (exact) mass is 376 g/mol. The third-order valence-corrected chi connectivity index (χ3v) is 4.06. The minimum Gasteiger partial charge on any atom is -0.396 e. The van der Waals surface area contributed by atoms with Gasteiger partial charge in [0.15, 0.2) is 5.78 Å². The normalized spacial score (nSPS) is 16.8. The summed E-state index contributed by atoms with van der Waals surface area (Å²) in [7, 11) is 0. The van der Waals surface area contributed by atoms with Gasteiger partial charge in [-0.1, -0.05) is 12.0 Å². The molecule has 1 aliphatic rings. The molecule has 0 bridgehead atoms. The molecule has 2 rings (SSSR count). The van der Waals surface area contributed by atoms with E-state index in [0.717, 1.165) is 25.8 Å². The van der Waals surface area contributed by atoms with Crippen molar-refractivity contribution in [3.8, 4) is 6.01 Å². The van der Waals surface area contributed by atoms with Gasteiger partial charge in [-0.15, -0.1) is 12.4 Å². The van der Waals surface area contributed by atoms with Gasteiger partial charge in [0.2, 0.25) is 0 Å². The van der Waals surface area contributed by atoms with Crippen LogP contribution in [0.4, 0.5) is 0 Å². The molecule has 1 aliphatic heterocycles. The van der Waals surface area contributed by atoms with Crippen LogP contribution < -0.4 is 10.1 Å². The number of ketones is 1. The molecule has 0 spiro atoms. The van der Waals surface area contributed by atoms with Crippen LogP contribution in [-0.2, 0) is 11.3 Å². The van der Waals surface area contributed by atoms with E-state index >= 15 is 0 Å². The maximum absolute atomic E-state index is 12.4. The number of nitrogens with one attached hydrogen (secondary N) is 1. The van der Waals surface area contributed by atoms with Crippen LogP contribution in [0.25, 0.3) is 0 Å². The second-order valence-electron chi connectivity index (χ2n) is 5.89. The van der Waals surface area contributed by atoms with E-state index in [-0.39, 0.29) is 48.0 Å². The Morgan fingerprint density at radius 2 is 2.29 bits per heavy atom. The summed E-state index contributed by atoms with van der Waals surface area (Å²) in [6, 6.07) is 0.224. The average Bonchev–Trinajstić information content (AvgIpc) is 3.17. The van der Waals surface area contributed by atoms with Crippen molar-refractivity contribution >= 4 is 35.6 Å². The zero-order valence-electron chi connectivity index (χ0n) is 14.3. The summed E-state index contributed by atoms with van der Waals surface area (Å²) in [4.78, 5) is 14.1. The Labute approximate surface area is 153 Å². The number of rotatable bonds is 7. The van der Waals surface area contributed by atoms with Crippen LogP contribution in [0.15, 0.2) is 0 Å². The predicted octanol–water partition coefficient (Wildman–Crippen LogP) is 1.20. The summed E-state index contributed by atoms with van der Waals surface area (Å²) in [5, 5.41) is 14.7. The smallest absolute Gasteiger partial charge is 0.342 e. The first-order chi connectivity index (χ1) is 11.0. The maximum Gasteiger partial charge on any atom is 0.342 e. The van der Waals surface area contributed by atoms with Crippen molar-refractivity contribution in [2.24, 2.45) is 0 Å². The van der Waals surface area contributed by atoms with E-state index in [1.54, 1.807) is 9.58 Å². The van der Waals surface area contributed by atoms with Crippen molar-refractivity contribution in [2.75, 3.05) is 13.1 Å². The molecule has 24 heavy (non-hydrogen) atoms. The number of tetrazole rings is 1. The molecule has 1 atom stereocenters. The topological polar surface area (TPSA) is 85.2 Å². The number of carbonyl (C=O) groups excluding carboxylic acids is 1. The molecule has 0 unspecified atom stereocenters. The first-order valence-electron chi connectivity index (χ1n) is 8.03. The highest BCUT2D eigenvalue weighted by Crippen LogP contribution is 2.12. The zero-order chi connectivity index (χ0) is 16.8. The summed E-state index contributed by atoms with van der Waals surface area (Å²) in [6.07, 6.45) is 2.80. The largest absolute Gasteiger partial charge is 0.396 e. The van der Waals surface area contributed by atoms with Crippen LogP contribution in [0.5, 0.6) is 6.01 Å². The maximum atomic E-state index is 12.4. The van der Waals surface area contributed by atoms with E-state index in [1.165, 1.54) is 0 Å². The van der Waals surface area contributed by atoms with Crippen LogP contribution in [0, 0.1) is 0 Å². The summed E-state index contributed by atoms with van der Waals surface area (Å²) in [5.41, 5.74) is 0. The highest BCUT2D eigenvalue weighted by molar-refractivity contribution is 7.80. The lowest BCUT2D eigenvalue weighted by Crippen LogP contribution is -2.46. The van der Waals surface area contributed by atoms with Gasteiger partial charge in [0.1, 0.15) is 0 Å². The van der Waals surface area contributed by atoms with Crippen molar-refractivity contribution in [1.29, 1.82) is 0 Å². The number of carbonyl (C=O) groups is 1. The van der Waals surface area contributed by atoms with Crippen LogP contribution >= 0.6 is 24.6 Å². The molecule has 1 aromatic rings. The van der Waals surface area contributed by atoms with E-state index in [9.17, 15) is 4.79 Å². The van der Waals surface area contributed by atoms with E-state index < -0.39 is 0 Å². The zero-order valence-corrected chi connectivity index (χ0v) is 15.9. The molecule has 1 aromatic heterocycles. The Bertz CT molecular complexity index is 547. The Morgan fingerprint density at radius 1 is 1.54 bits per heavy atom. The minimum absolute atomic E-state index is 0. The summed E-state index contributed by atoms with van der Waals surface area (Å²) < 4.78 is 7.20. The summed E-state index contributed by atoms with van der Waals surface area (Å²) in [6.45, 7) is 7.74. The Morgan fingerprint density at radius 3 is 2.88 bits per heavy atom. The molecule has 1 N–H and O–H groups in total. The average molecular weight is 377 g/mol. The Balaban J connectivity index is 0.00000288. The molecule has 10 heteroatoms. The molecule has 8 nitrogen and oxygen atoms in total. The third kappa shape index (κ3) is 5.35. The van der Waals surface area contributed by atoms with Crippen molar-refractivity contribution in [3.05, 3.63) is 0 Å². The van der Waals surface area contributed by atoms with Gasteiger partial charge in [-0.3, -0.25) is 4.79 Å². The van der Waals surface area contributed by atoms with Gasteiger partial charge >= 0.3 is 6.01 Å². The molecule has 0 aliphatic carbocycles. The van der Waals surface area contributed by atoms with Gasteiger partial charge in [-0.05, 0) is 62.3 Å². The van der Waals surface area contributed by atoms with E-state index in [0.29, 0.717) is 6.54 Å². The van der Waals surface area contributed by atoms with Gasteiger partial charge in [0.05, 0.1) is 12.6 Å². The molecule has 0 aromatic carbocycles. The van der Waals surface area contributed by atoms with Gasteiger partial charge < -0.3 is 15.0 Å². The molecule has 0 amide bonds. The number of ether oxygens (including phenoxy) is 1. The highest BCUT2D eigenvalue weighted by Gasteiger charge is 2.27. The molecule has 136 valence electrons. The summed E-state index contributed by atoms with van der Waals surface area (Å²) >= 11 is 5.36. The lowest BCUT2D eigenvalue weighted by atomic mass is 10.1. The third-order valence-electron chi connectivity index (χ3n) is 3.75. The fraction of sp³-hybridized carbons (Fsp3) is 0.786. The lowest BCUT2D eigenvalue weighted by Gasteiger charge is -2.28. The van der Waals surface area contributed by atoms with Crippen LogP contribution in [0.2, 0.25) is 0 Å². The number of nitrogens with zero attached hydrogens (tertiary/aromatic N) is 5. The number of aromatic nitrogens is 4. The van der Waals surface area contributed by atoms with Crippen molar-refractivity contribution in [3.63, 3.8) is 0 Å². The fourth-order valence-electron chi connectivity index (χ4n) is 2.45. The van der Waals surface area contributed by atoms with Crippen molar-refractivity contribution < 1.29 is 9.53 Å². The lowest BCUT2D eigenvalue weighted by molar-refractivity contribution is -0.121. The quantitative estimate of drug-likeness (QED) is 0.710. The molecule has 2 heterocycles. The highest BCUT2D eigenvalue weighted by atomic mass is 35.5. The number of thiocarbonyl (C=S) groups is 1. The summed E-state index contributed by atoms with van der Waals surface area (Å²) in [5.74, 6) is 0.135. The second kappa shape index (κ2) is 9.85. The molecule has 0 radical (unpaired) electrons. The predicted molar refractivity (Wildman–Crippen MR) is 96.5 cm³/mol. The molecular weight excluding hydrogens is 352 g/mol. The number of aryl methyl sites for hydroxylation is 1. The number of Topliss-reactive ketones (excluding diaryl/α,β-unsaturated/α-hetero) is 1. The van der Waals surface area contributed by atoms with Crippen molar-refractivity contribution in [2.45, 2.75) is 58.7 Å². The molecule has 1 saturated heterocycles. The van der Waals surface area contributed by atoms with Gasteiger partial charge in [-0.2, -0.15) is 4.68 Å². The standard InChI is InChI=1S/C14H24N6O2S.ClH/c1-4-8-20-13(16-17-18-20)22-14(23)19(10(2)3)9-12(21)11-6-5-7-15-11;/h10-11,15H,4-9H2,1-3H3;1H/t11-;/m0./s1. The van der Waals surface area contributed by atoms with E-state index in [2.05, 4.69) is 20.8 Å². The fourth-order valence-corrected chi connectivity index (χ4v) is 2.80. The van der Waals surface area contributed by atoms with E-state index in [1.807, 2.05) is 20.8 Å². The van der Waals surface area contributed by atoms with Crippen LogP contribution in [-0.4, -0.2) is 61.2 Å². The second-order valence-corrected chi connectivity index (χ2v) is 6.24. The van der Waals surface area contributed by atoms with Crippen LogP contribution in [0.1, 0.15) is 40.0 Å². The Kier molecular flexibility index (Phi) is 8.51. The van der Waals surface area contributed by atoms with Gasteiger partial charge in [0, 0.05) is 12.6 Å². The number of halogens is 1. The SMILES string of the molecule is CCCn1nnnc1OC(=S)N(CC(=O)[C@@H]1CCCN1)C(C)C.Cl. The molecule has 0 saturated carbocycles. The minimum atomic E-state index is -0.0792. The first-order valence-corrected chi connectivity index (χ1v) is 8.44. The van der Waals surface area contributed by atoms with Gasteiger partial charge in [0.25, 0.3) is 5.17 Å². The number of hydrogen-bond acceptors (Lipinski definition) is 7. The molecular formula is C14H25ClN6O2S. The first kappa shape index (κ1) is 20.7. The number of hydrogen-bond donors (Lipinski definition) is 1. The van der Waals surface area contributed by atoms with E-state index in [4.69, 9.17) is 17.0 Å². The molecule has 1 fully saturated rings. The van der Waals surface area contributed by atoms with Gasteiger partial charge in [-0.25, -0.2) is 0 Å². The van der Waals surface area contributed by atoms with Crippen molar-refractivity contribution in [1.82, 2.24) is 30.4 Å².